The van der Waals surface area contributed by atoms with Gasteiger partial charge in [-0.3, -0.25) is 0 Å². The largest absolute Gasteiger partial charge is 0.506 e. The van der Waals surface area contributed by atoms with Crippen LogP contribution in [-0.4, -0.2) is 107 Å². The van der Waals surface area contributed by atoms with Gasteiger partial charge in [-0.05, 0) is 195 Å². The molecule has 0 unspecified atom stereocenters. The molecule has 17 nitrogen and oxygen atoms in total. The highest BCUT2D eigenvalue weighted by Gasteiger charge is 2.39. The highest BCUT2D eigenvalue weighted by atomic mass is 35.5. The van der Waals surface area contributed by atoms with Crippen molar-refractivity contribution in [3.63, 3.8) is 0 Å². The maximum Gasteiger partial charge on any atom is 0.488 e. The normalized spacial score (nSPS) is 14.3. The molecule has 15 rings (SSSR count). The van der Waals surface area contributed by atoms with Gasteiger partial charge >= 0.3 is 7.12 Å². The van der Waals surface area contributed by atoms with Crippen molar-refractivity contribution in [2.24, 2.45) is 0 Å². The topological polar surface area (TPSA) is 268 Å². The first-order valence-corrected chi connectivity index (χ1v) is 33.2. The number of phenols is 1. The van der Waals surface area contributed by atoms with E-state index in [0.29, 0.717) is 38.8 Å². The molecule has 22 heteroatoms. The molecule has 3 aliphatic rings. The fourth-order valence-electron chi connectivity index (χ4n) is 10.9. The minimum atomic E-state index is -3.26. The Morgan fingerprint density at radius 3 is 1.30 bits per heavy atom. The van der Waals surface area contributed by atoms with Crippen LogP contribution in [0.15, 0.2) is 161 Å². The third kappa shape index (κ3) is 11.5. The summed E-state index contributed by atoms with van der Waals surface area (Å²) in [6.07, 6.45) is 9.83. The van der Waals surface area contributed by atoms with Crippen LogP contribution in [0.25, 0.3) is 88.1 Å². The summed E-state index contributed by atoms with van der Waals surface area (Å²) in [5, 5.41) is 33.9. The van der Waals surface area contributed by atoms with Gasteiger partial charge in [0.2, 0.25) is 0 Å². The number of hydrogen-bond acceptors (Lipinski definition) is 14. The highest BCUT2D eigenvalue weighted by molar-refractivity contribution is 7.93. The van der Waals surface area contributed by atoms with Crippen molar-refractivity contribution in [2.45, 2.75) is 89.7 Å². The first-order chi connectivity index (χ1) is 41.7. The third-order valence-corrected chi connectivity index (χ3v) is 22.9. The number of methoxy groups -OCH3 is 2. The van der Waals surface area contributed by atoms with Crippen molar-refractivity contribution in [3.05, 3.63) is 168 Å². The van der Waals surface area contributed by atoms with Crippen molar-refractivity contribution in [2.75, 3.05) is 14.2 Å². The van der Waals surface area contributed by atoms with Gasteiger partial charge in [-0.1, -0.05) is 48.0 Å². The summed E-state index contributed by atoms with van der Waals surface area (Å²) in [7, 11) is -8.09. The van der Waals surface area contributed by atoms with E-state index in [0.717, 1.165) is 131 Å². The molecule has 0 spiro atoms. The number of pyridine rings is 3. The lowest BCUT2D eigenvalue weighted by atomic mass is 9.80. The molecule has 0 aliphatic heterocycles. The van der Waals surface area contributed by atoms with E-state index in [1.807, 2.05) is 87.8 Å². The number of aromatic nitrogens is 6. The third-order valence-electron chi connectivity index (χ3n) is 15.8. The second kappa shape index (κ2) is 23.1. The molecule has 3 saturated carbocycles. The Morgan fingerprint density at radius 1 is 0.483 bits per heavy atom. The molecule has 3 fully saturated rings. The zero-order chi connectivity index (χ0) is 61.3. The molecule has 87 heavy (non-hydrogen) atoms. The van der Waals surface area contributed by atoms with E-state index in [1.54, 1.807) is 56.8 Å². The average Bonchev–Trinajstić information content (AvgIpc) is 2.09. The second-order valence-electron chi connectivity index (χ2n) is 22.3. The maximum absolute atomic E-state index is 12.7. The van der Waals surface area contributed by atoms with Crippen molar-refractivity contribution >= 4 is 120 Å². The predicted octanol–water partition coefficient (Wildman–Crippen LogP) is 12.0. The van der Waals surface area contributed by atoms with Crippen LogP contribution in [0.2, 0.25) is 5.02 Å². The standard InChI is InChI=1S/C22H20N2O3S.C21H18N2O3S.C13H11ClN2O.C9H11BO4S/c1-13-10-18-20-17(8-9-19(27-2)21(20)24-22(18)23-12-13)14-4-3-5-16(11-14)28(25,26)15-6-7-15;1-12-9-17-19-16(7-8-18(24)20(19)23-21(17)22-11-12)13-3-2-4-15(10-13)27(25,26)14-5-6-14;1-7-5-8-11-9(14)3-4-10(17-2)12(11)16-13(8)15-6-7;11-10(12)7-2-1-3-9(6-7)15(13,14)8-4-5-8/h3-5,8-12,15H,6-7H2,1-2H3,(H,23,24);2-4,7-11,14,24H,5-6H2,1H3,(H,22,23);3-6H,1-2H3,(H,15,16);1-3,6,8,11-12H,4-5H2. The molecule has 0 saturated heterocycles. The number of phenolic OH excluding ortho intramolecular Hbond substituents is 1. The number of halogens is 1. The van der Waals surface area contributed by atoms with E-state index in [9.17, 15) is 30.4 Å². The lowest BCUT2D eigenvalue weighted by molar-refractivity contribution is 0.419. The number of nitrogens with zero attached hydrogens (tertiary/aromatic N) is 3. The summed E-state index contributed by atoms with van der Waals surface area (Å²) in [6.45, 7) is 5.99. The van der Waals surface area contributed by atoms with Crippen LogP contribution < -0.4 is 14.9 Å². The number of hydrogen-bond donors (Lipinski definition) is 6. The smallest absolute Gasteiger partial charge is 0.488 e. The van der Waals surface area contributed by atoms with Crippen molar-refractivity contribution < 1.29 is 49.9 Å². The molecule has 3 aliphatic carbocycles. The SMILES string of the molecule is COc1ccc(-c2cccc(S(=O)(=O)C3CC3)c2)c2c1[nH]c1ncc(C)cc12.COc1ccc(Cl)c2c1[nH]c1ncc(C)cc12.Cc1cnc2[nH]c3c(O)ccc(-c4cccc(S(=O)(=O)C5CC5)c4)c3c2c1.O=S(=O)(c1cccc(B(O)O)c1)C1CC1. The van der Waals surface area contributed by atoms with Crippen LogP contribution in [-0.2, 0) is 29.5 Å². The quantitative estimate of drug-likeness (QED) is 0.0658. The highest BCUT2D eigenvalue weighted by Crippen LogP contribution is 2.43. The number of rotatable bonds is 11. The Balaban J connectivity index is 0.000000117. The monoisotopic (exact) mass is 1240 g/mol. The summed E-state index contributed by atoms with van der Waals surface area (Å²) in [5.41, 5.74) is 11.6. The van der Waals surface area contributed by atoms with E-state index in [2.05, 4.69) is 42.0 Å². The molecule has 0 bridgehead atoms. The average molecular weight is 1240 g/mol. The summed E-state index contributed by atoms with van der Waals surface area (Å²) in [4.78, 5) is 24.0. The Labute approximate surface area is 507 Å². The molecule has 0 atom stereocenters. The first-order valence-electron chi connectivity index (χ1n) is 28.2. The number of H-pyrrole nitrogens is 3. The van der Waals surface area contributed by atoms with Crippen LogP contribution in [0.3, 0.4) is 0 Å². The van der Waals surface area contributed by atoms with Crippen LogP contribution in [0.4, 0.5) is 0 Å². The lowest BCUT2D eigenvalue weighted by Gasteiger charge is -2.10. The zero-order valence-corrected chi connectivity index (χ0v) is 51.2. The van der Waals surface area contributed by atoms with E-state index >= 15 is 0 Å². The molecule has 0 amide bonds. The maximum atomic E-state index is 12.7. The number of benzene rings is 6. The Kier molecular flexibility index (Phi) is 15.7. The van der Waals surface area contributed by atoms with Gasteiger partial charge in [-0.25, -0.2) is 40.2 Å². The fourth-order valence-corrected chi connectivity index (χ4v) is 16.3. The molecule has 12 aromatic rings. The molecule has 6 aromatic carbocycles. The Morgan fingerprint density at radius 2 is 0.862 bits per heavy atom. The van der Waals surface area contributed by atoms with Crippen LogP contribution in [0.1, 0.15) is 55.2 Å². The number of aromatic amines is 3. The van der Waals surface area contributed by atoms with Crippen molar-refractivity contribution in [1.29, 1.82) is 0 Å². The zero-order valence-electron chi connectivity index (χ0n) is 48.0. The fraction of sp³-hybridized carbons (Fsp3) is 0.215. The number of nitrogens with one attached hydrogen (secondary N) is 3. The van der Waals surface area contributed by atoms with Gasteiger partial charge < -0.3 is 39.6 Å². The van der Waals surface area contributed by atoms with E-state index in [-0.39, 0.29) is 31.9 Å². The number of fused-ring (bicyclic) bond motifs is 9. The molecule has 6 heterocycles. The van der Waals surface area contributed by atoms with Gasteiger partial charge in [0.1, 0.15) is 34.2 Å². The molecule has 6 N–H and O–H groups in total. The number of aryl methyl sites for hydroxylation is 3. The summed E-state index contributed by atoms with van der Waals surface area (Å²) >= 11 is 6.26. The minimum absolute atomic E-state index is 0.145. The number of sulfone groups is 3. The van der Waals surface area contributed by atoms with Gasteiger partial charge in [0.05, 0.1) is 66.2 Å². The van der Waals surface area contributed by atoms with Gasteiger partial charge in [0, 0.05) is 50.9 Å². The Bertz CT molecular complexity index is 5060. The van der Waals surface area contributed by atoms with Gasteiger partial charge in [0.15, 0.2) is 29.5 Å². The van der Waals surface area contributed by atoms with E-state index < -0.39 is 36.6 Å². The Hall–Kier alpha value is -8.31. The molecule has 444 valence electrons. The van der Waals surface area contributed by atoms with Crippen LogP contribution in [0, 0.1) is 20.8 Å². The molecule has 6 aromatic heterocycles. The molecular weight excluding hydrogens is 1180 g/mol. The van der Waals surface area contributed by atoms with E-state index in [4.69, 9.17) is 31.1 Å². The van der Waals surface area contributed by atoms with Gasteiger partial charge in [-0.15, -0.1) is 0 Å². The second-order valence-corrected chi connectivity index (χ2v) is 29.4. The summed E-state index contributed by atoms with van der Waals surface area (Å²) in [6, 6.07) is 37.4. The van der Waals surface area contributed by atoms with Crippen molar-refractivity contribution in [1.82, 2.24) is 29.9 Å². The van der Waals surface area contributed by atoms with E-state index in [1.165, 1.54) is 24.3 Å². The summed E-state index contributed by atoms with van der Waals surface area (Å²) in [5.74, 6) is 1.65. The van der Waals surface area contributed by atoms with Crippen LogP contribution in [0.5, 0.6) is 17.2 Å². The summed E-state index contributed by atoms with van der Waals surface area (Å²) < 4.78 is 85.2. The minimum Gasteiger partial charge on any atom is -0.506 e. The van der Waals surface area contributed by atoms with Crippen LogP contribution >= 0.6 is 11.6 Å². The molecule has 0 radical (unpaired) electrons. The first kappa shape index (κ1) is 59.0. The number of ether oxygens (including phenoxy) is 2. The lowest BCUT2D eigenvalue weighted by Crippen LogP contribution is -2.30. The van der Waals surface area contributed by atoms with Crippen molar-refractivity contribution in [3.8, 4) is 39.5 Å². The van der Waals surface area contributed by atoms with Gasteiger partial charge in [0.25, 0.3) is 0 Å². The molecular formula is C65H60BClN6O11S3. The van der Waals surface area contributed by atoms with Gasteiger partial charge in [-0.2, -0.15) is 0 Å². The predicted molar refractivity (Wildman–Crippen MR) is 343 cm³/mol. The number of aromatic hydroxyl groups is 1.